The molecule has 0 aliphatic carbocycles. The Morgan fingerprint density at radius 1 is 1.57 bits per heavy atom. The van der Waals surface area contributed by atoms with E-state index in [0.717, 1.165) is 25.5 Å². The van der Waals surface area contributed by atoms with E-state index < -0.39 is 10.3 Å². The summed E-state index contributed by atoms with van der Waals surface area (Å²) in [5.41, 5.74) is -0.546. The largest absolute Gasteiger partial charge is 0.320 e. The molecular weight excluding hydrogens is 272 g/mol. The summed E-state index contributed by atoms with van der Waals surface area (Å²) >= 11 is 0. The number of nitro benzene ring substituents is 1. The van der Waals surface area contributed by atoms with Crippen molar-refractivity contribution < 1.29 is 9.72 Å². The Hall–Kier alpha value is -2.46. The van der Waals surface area contributed by atoms with Crippen LogP contribution in [0, 0.1) is 26.9 Å². The van der Waals surface area contributed by atoms with Gasteiger partial charge in [0.15, 0.2) is 0 Å². The number of hydrogen-bond acceptors (Lipinski definition) is 5. The summed E-state index contributed by atoms with van der Waals surface area (Å²) in [6.07, 6.45) is 1.62. The summed E-state index contributed by atoms with van der Waals surface area (Å²) in [7, 11) is 0. The number of piperidine rings is 1. The molecule has 1 aliphatic rings. The van der Waals surface area contributed by atoms with Gasteiger partial charge in [0, 0.05) is 12.6 Å². The normalized spacial score (nSPS) is 21.3. The van der Waals surface area contributed by atoms with Crippen molar-refractivity contribution in [2.75, 3.05) is 18.4 Å². The average Bonchev–Trinajstić information content (AvgIpc) is 2.48. The summed E-state index contributed by atoms with van der Waals surface area (Å²) in [5, 5.41) is 25.6. The Kier molecular flexibility index (Phi) is 4.19. The number of nitrogens with zero attached hydrogens (tertiary/aromatic N) is 2. The van der Waals surface area contributed by atoms with E-state index in [1.807, 2.05) is 13.0 Å². The predicted octanol–water partition coefficient (Wildman–Crippen LogP) is 1.79. The number of nitriles is 1. The highest BCUT2D eigenvalue weighted by Crippen LogP contribution is 2.30. The van der Waals surface area contributed by atoms with Gasteiger partial charge in [0.2, 0.25) is 5.91 Å². The number of amides is 1. The molecule has 0 aromatic heterocycles. The lowest BCUT2D eigenvalue weighted by Crippen LogP contribution is -2.46. The molecule has 0 saturated carbocycles. The van der Waals surface area contributed by atoms with Gasteiger partial charge < -0.3 is 10.6 Å². The van der Waals surface area contributed by atoms with Gasteiger partial charge in [0.05, 0.1) is 22.0 Å². The van der Waals surface area contributed by atoms with Crippen molar-refractivity contribution in [2.45, 2.75) is 19.8 Å². The van der Waals surface area contributed by atoms with Gasteiger partial charge in [-0.1, -0.05) is 0 Å². The Bertz CT molecular complexity index is 615. The zero-order valence-corrected chi connectivity index (χ0v) is 11.7. The lowest BCUT2D eigenvalue weighted by molar-refractivity contribution is -0.384. The Labute approximate surface area is 122 Å². The third kappa shape index (κ3) is 3.17. The van der Waals surface area contributed by atoms with Crippen molar-refractivity contribution in [3.05, 3.63) is 33.9 Å². The number of carbonyl (C=O) groups is 1. The van der Waals surface area contributed by atoms with E-state index in [0.29, 0.717) is 6.54 Å². The minimum atomic E-state index is -0.599. The molecule has 110 valence electrons. The van der Waals surface area contributed by atoms with Crippen molar-refractivity contribution in [1.29, 1.82) is 5.26 Å². The topological polar surface area (TPSA) is 108 Å². The highest BCUT2D eigenvalue weighted by atomic mass is 16.6. The molecule has 0 radical (unpaired) electrons. The van der Waals surface area contributed by atoms with Crippen LogP contribution in [0.4, 0.5) is 11.4 Å². The number of hydrogen-bond donors (Lipinski definition) is 2. The highest BCUT2D eigenvalue weighted by Gasteiger charge is 2.35. The molecular formula is C14H16N4O3. The third-order valence-corrected chi connectivity index (χ3v) is 3.72. The van der Waals surface area contributed by atoms with Crippen LogP contribution in [0.1, 0.15) is 25.3 Å². The fraction of sp³-hybridized carbons (Fsp3) is 0.429. The molecule has 1 heterocycles. The number of nitro groups is 1. The second-order valence-electron chi connectivity index (χ2n) is 5.40. The first-order valence-electron chi connectivity index (χ1n) is 6.67. The predicted molar refractivity (Wildman–Crippen MR) is 76.7 cm³/mol. The summed E-state index contributed by atoms with van der Waals surface area (Å²) in [6, 6.07) is 5.86. The van der Waals surface area contributed by atoms with Crippen LogP contribution in [-0.2, 0) is 4.79 Å². The fourth-order valence-electron chi connectivity index (χ4n) is 2.38. The smallest absolute Gasteiger partial charge is 0.294 e. The number of nitrogens with one attached hydrogen (secondary N) is 2. The first-order chi connectivity index (χ1) is 9.96. The van der Waals surface area contributed by atoms with Gasteiger partial charge in [-0.15, -0.1) is 0 Å². The van der Waals surface area contributed by atoms with E-state index in [4.69, 9.17) is 5.26 Å². The van der Waals surface area contributed by atoms with Crippen LogP contribution < -0.4 is 10.6 Å². The molecule has 21 heavy (non-hydrogen) atoms. The standard InChI is InChI=1S/C14H16N4O3/c1-14(5-2-6-16-9-14)13(19)17-11-4-3-10(8-15)7-12(11)18(20)21/h3-4,7,16H,2,5-6,9H2,1H3,(H,17,19). The number of benzene rings is 1. The number of carbonyl (C=O) groups excluding carboxylic acids is 1. The monoisotopic (exact) mass is 288 g/mol. The molecule has 1 unspecified atom stereocenters. The molecule has 7 heteroatoms. The van der Waals surface area contributed by atoms with Crippen LogP contribution in [0.2, 0.25) is 0 Å². The van der Waals surface area contributed by atoms with E-state index in [2.05, 4.69) is 10.6 Å². The van der Waals surface area contributed by atoms with Crippen molar-refractivity contribution in [3.8, 4) is 6.07 Å². The van der Waals surface area contributed by atoms with Crippen LogP contribution in [0.3, 0.4) is 0 Å². The van der Waals surface area contributed by atoms with Crippen LogP contribution in [0.5, 0.6) is 0 Å². The molecule has 1 fully saturated rings. The van der Waals surface area contributed by atoms with Gasteiger partial charge in [-0.05, 0) is 38.4 Å². The summed E-state index contributed by atoms with van der Waals surface area (Å²) in [4.78, 5) is 22.8. The van der Waals surface area contributed by atoms with Crippen LogP contribution in [0.15, 0.2) is 18.2 Å². The minimum absolute atomic E-state index is 0.121. The van der Waals surface area contributed by atoms with E-state index in [9.17, 15) is 14.9 Å². The highest BCUT2D eigenvalue weighted by molar-refractivity contribution is 5.97. The maximum atomic E-state index is 12.4. The first kappa shape index (κ1) is 14.9. The van der Waals surface area contributed by atoms with Gasteiger partial charge in [-0.2, -0.15) is 5.26 Å². The van der Waals surface area contributed by atoms with Crippen molar-refractivity contribution in [3.63, 3.8) is 0 Å². The zero-order valence-electron chi connectivity index (χ0n) is 11.7. The zero-order chi connectivity index (χ0) is 15.5. The molecule has 1 saturated heterocycles. The van der Waals surface area contributed by atoms with E-state index in [1.165, 1.54) is 12.1 Å². The van der Waals surface area contributed by atoms with Gasteiger partial charge in [0.25, 0.3) is 5.69 Å². The fourth-order valence-corrected chi connectivity index (χ4v) is 2.38. The van der Waals surface area contributed by atoms with Gasteiger partial charge in [-0.25, -0.2) is 0 Å². The Morgan fingerprint density at radius 2 is 2.33 bits per heavy atom. The Morgan fingerprint density at radius 3 is 2.90 bits per heavy atom. The Balaban J connectivity index is 2.25. The summed E-state index contributed by atoms with van der Waals surface area (Å²) < 4.78 is 0. The van der Waals surface area contributed by atoms with Gasteiger partial charge in [0.1, 0.15) is 5.69 Å². The van der Waals surface area contributed by atoms with E-state index in [-0.39, 0.29) is 22.8 Å². The minimum Gasteiger partial charge on any atom is -0.320 e. The molecule has 1 aromatic carbocycles. The number of rotatable bonds is 3. The van der Waals surface area contributed by atoms with Gasteiger partial charge >= 0.3 is 0 Å². The van der Waals surface area contributed by atoms with Crippen molar-refractivity contribution in [2.24, 2.45) is 5.41 Å². The summed E-state index contributed by atoms with van der Waals surface area (Å²) in [6.45, 7) is 3.26. The first-order valence-corrected chi connectivity index (χ1v) is 6.67. The molecule has 1 aliphatic heterocycles. The molecule has 0 bridgehead atoms. The van der Waals surface area contributed by atoms with Gasteiger partial charge in [-0.3, -0.25) is 14.9 Å². The van der Waals surface area contributed by atoms with E-state index >= 15 is 0 Å². The van der Waals surface area contributed by atoms with Crippen molar-refractivity contribution >= 4 is 17.3 Å². The lowest BCUT2D eigenvalue weighted by Gasteiger charge is -2.32. The SMILES string of the molecule is CC1(C(=O)Nc2ccc(C#N)cc2[N+](=O)[O-])CCCNC1. The maximum Gasteiger partial charge on any atom is 0.294 e. The molecule has 7 nitrogen and oxygen atoms in total. The average molecular weight is 288 g/mol. The number of anilines is 1. The second kappa shape index (κ2) is 5.89. The third-order valence-electron chi connectivity index (χ3n) is 3.72. The van der Waals surface area contributed by atoms with E-state index in [1.54, 1.807) is 0 Å². The van der Waals surface area contributed by atoms with Crippen LogP contribution >= 0.6 is 0 Å². The molecule has 1 atom stereocenters. The van der Waals surface area contributed by atoms with Crippen LogP contribution in [-0.4, -0.2) is 23.9 Å². The van der Waals surface area contributed by atoms with Crippen LogP contribution in [0.25, 0.3) is 0 Å². The lowest BCUT2D eigenvalue weighted by atomic mass is 9.82. The van der Waals surface area contributed by atoms with Crippen molar-refractivity contribution in [1.82, 2.24) is 5.32 Å². The molecule has 0 spiro atoms. The molecule has 2 N–H and O–H groups in total. The quantitative estimate of drug-likeness (QED) is 0.651. The molecule has 1 aromatic rings. The maximum absolute atomic E-state index is 12.4. The molecule has 2 rings (SSSR count). The summed E-state index contributed by atoms with van der Waals surface area (Å²) in [5.74, 6) is -0.248. The second-order valence-corrected chi connectivity index (χ2v) is 5.40. The molecule has 1 amide bonds.